The first-order valence-electron chi connectivity index (χ1n) is 19.4. The van der Waals surface area contributed by atoms with Gasteiger partial charge in [0.05, 0.1) is 22.4 Å². The zero-order valence-corrected chi connectivity index (χ0v) is 31.5. The molecule has 0 spiro atoms. The van der Waals surface area contributed by atoms with E-state index in [-0.39, 0.29) is 10.8 Å². The molecule has 0 bridgehead atoms. The van der Waals surface area contributed by atoms with Crippen molar-refractivity contribution in [2.24, 2.45) is 5.92 Å². The maximum absolute atomic E-state index is 5.13. The molecule has 0 N–H and O–H groups in total. The van der Waals surface area contributed by atoms with E-state index in [0.29, 0.717) is 11.7 Å². The molecule has 3 aliphatic rings. The molecule has 0 fully saturated rings. The Labute approximate surface area is 321 Å². The Bertz CT molecular complexity index is 2910. The predicted octanol–water partition coefficient (Wildman–Crippen LogP) is 12.7. The van der Waals surface area contributed by atoms with E-state index in [1.165, 1.54) is 55.3 Å². The van der Waals surface area contributed by atoms with Gasteiger partial charge < -0.3 is 4.57 Å². The van der Waals surface area contributed by atoms with E-state index in [4.69, 9.17) is 9.97 Å². The summed E-state index contributed by atoms with van der Waals surface area (Å²) in [7, 11) is 0. The third kappa shape index (κ3) is 4.67. The highest BCUT2D eigenvalue weighted by Gasteiger charge is 2.48. The molecule has 11 rings (SSSR count). The quantitative estimate of drug-likeness (QED) is 0.179. The first kappa shape index (κ1) is 32.1. The zero-order chi connectivity index (χ0) is 37.1. The van der Waals surface area contributed by atoms with Gasteiger partial charge in [0.2, 0.25) is 0 Å². The lowest BCUT2D eigenvalue weighted by molar-refractivity contribution is 0.371. The maximum atomic E-state index is 5.13. The molecule has 4 heteroatoms. The van der Waals surface area contributed by atoms with Crippen molar-refractivity contribution in [2.45, 2.75) is 44.9 Å². The average molecular weight is 709 g/mol. The highest BCUT2D eigenvalue weighted by Crippen LogP contribution is 2.59. The standard InChI is InChI=1S/C51H40N4/c1-50(2)40-15-8-14-38-39-27-37(28-43-47(39)55(46(38)40)48-41(50)16-9-17-42(48)51(43,3)4)32-20-24-34(25-21-32)45-29-44(53-49(54-45)35-11-6-5-7-12-35)33-22-18-31(19-23-33)36-13-10-26-52-30-36/h5-15,17-30,41H,16H2,1-4H3. The first-order valence-corrected chi connectivity index (χ1v) is 19.4. The highest BCUT2D eigenvalue weighted by molar-refractivity contribution is 6.16. The molecule has 5 aromatic carbocycles. The van der Waals surface area contributed by atoms with Gasteiger partial charge in [-0.15, -0.1) is 0 Å². The SMILES string of the molecule is CC1(C)C2=C3C(CC=C2)C(C)(C)c2cccc4c5cc(-c6ccc(-c7cc(-c8ccc(-c9cccnc9)cc8)nc(-c8ccccc8)n7)cc6)cc1c5n3c24. The summed E-state index contributed by atoms with van der Waals surface area (Å²) in [5, 5.41) is 2.70. The van der Waals surface area contributed by atoms with E-state index >= 15 is 0 Å². The fraction of sp³-hybridized carbons (Fsp3) is 0.157. The molecule has 3 aromatic heterocycles. The van der Waals surface area contributed by atoms with E-state index in [2.05, 4.69) is 153 Å². The van der Waals surface area contributed by atoms with Gasteiger partial charge in [0.1, 0.15) is 0 Å². The van der Waals surface area contributed by atoms with Gasteiger partial charge in [-0.3, -0.25) is 4.98 Å². The molecule has 1 atom stereocenters. The maximum Gasteiger partial charge on any atom is 0.160 e. The van der Waals surface area contributed by atoms with Crippen molar-refractivity contribution in [2.75, 3.05) is 0 Å². The van der Waals surface area contributed by atoms with Crippen LogP contribution in [0.2, 0.25) is 0 Å². The lowest BCUT2D eigenvalue weighted by Crippen LogP contribution is -2.40. The number of pyridine rings is 1. The van der Waals surface area contributed by atoms with Crippen molar-refractivity contribution in [3.8, 4) is 56.2 Å². The minimum Gasteiger partial charge on any atom is -0.312 e. The van der Waals surface area contributed by atoms with E-state index in [1.807, 2.05) is 30.5 Å². The summed E-state index contributed by atoms with van der Waals surface area (Å²) >= 11 is 0. The third-order valence-corrected chi connectivity index (χ3v) is 12.7. The Hall–Kier alpha value is -6.39. The lowest BCUT2D eigenvalue weighted by atomic mass is 9.62. The summed E-state index contributed by atoms with van der Waals surface area (Å²) in [5.74, 6) is 1.17. The van der Waals surface area contributed by atoms with Crippen LogP contribution in [0, 0.1) is 5.92 Å². The molecule has 55 heavy (non-hydrogen) atoms. The van der Waals surface area contributed by atoms with Crippen LogP contribution in [0.15, 0.2) is 158 Å². The molecule has 8 aromatic rings. The predicted molar refractivity (Wildman–Crippen MR) is 227 cm³/mol. The van der Waals surface area contributed by atoms with E-state index < -0.39 is 0 Å². The van der Waals surface area contributed by atoms with Crippen molar-refractivity contribution in [1.82, 2.24) is 19.5 Å². The minimum atomic E-state index is -0.127. The largest absolute Gasteiger partial charge is 0.312 e. The van der Waals surface area contributed by atoms with Crippen LogP contribution in [-0.4, -0.2) is 19.5 Å². The van der Waals surface area contributed by atoms with Crippen molar-refractivity contribution >= 4 is 27.5 Å². The molecule has 1 unspecified atom stereocenters. The number of fused-ring (bicyclic) bond motifs is 1. The van der Waals surface area contributed by atoms with Gasteiger partial charge in [0.15, 0.2) is 5.82 Å². The second-order valence-electron chi connectivity index (χ2n) is 16.5. The van der Waals surface area contributed by atoms with Gasteiger partial charge in [-0.25, -0.2) is 9.97 Å². The summed E-state index contributed by atoms with van der Waals surface area (Å²) in [6.07, 6.45) is 9.62. The van der Waals surface area contributed by atoms with Gasteiger partial charge in [-0.1, -0.05) is 143 Å². The molecule has 5 heterocycles. The van der Waals surface area contributed by atoms with Crippen LogP contribution in [0.4, 0.5) is 0 Å². The lowest BCUT2D eigenvalue weighted by Gasteiger charge is -2.48. The van der Waals surface area contributed by atoms with Crippen LogP contribution >= 0.6 is 0 Å². The fourth-order valence-electron chi connectivity index (χ4n) is 9.74. The van der Waals surface area contributed by atoms with Crippen LogP contribution in [0.5, 0.6) is 0 Å². The number of hydrogen-bond donors (Lipinski definition) is 0. The molecule has 2 aliphatic heterocycles. The van der Waals surface area contributed by atoms with E-state index in [0.717, 1.165) is 45.6 Å². The summed E-state index contributed by atoms with van der Waals surface area (Å²) in [6, 6.07) is 45.8. The van der Waals surface area contributed by atoms with Gasteiger partial charge in [0.25, 0.3) is 0 Å². The van der Waals surface area contributed by atoms with Gasteiger partial charge >= 0.3 is 0 Å². The molecular formula is C51H40N4. The zero-order valence-electron chi connectivity index (χ0n) is 31.5. The summed E-state index contributed by atoms with van der Waals surface area (Å²) in [4.78, 5) is 14.5. The van der Waals surface area contributed by atoms with Crippen molar-refractivity contribution < 1.29 is 0 Å². The average Bonchev–Trinajstić information content (AvgIpc) is 3.57. The van der Waals surface area contributed by atoms with E-state index in [1.54, 1.807) is 6.20 Å². The van der Waals surface area contributed by atoms with E-state index in [9.17, 15) is 0 Å². The van der Waals surface area contributed by atoms with Gasteiger partial charge in [-0.2, -0.15) is 0 Å². The number of hydrogen-bond acceptors (Lipinski definition) is 3. The van der Waals surface area contributed by atoms with Crippen LogP contribution in [0.1, 0.15) is 45.2 Å². The first-order chi connectivity index (χ1) is 26.8. The van der Waals surface area contributed by atoms with Crippen molar-refractivity contribution in [1.29, 1.82) is 0 Å². The molecular weight excluding hydrogens is 669 g/mol. The monoisotopic (exact) mass is 708 g/mol. The number of para-hydroxylation sites is 1. The topological polar surface area (TPSA) is 43.6 Å². The van der Waals surface area contributed by atoms with Gasteiger partial charge in [0, 0.05) is 62.3 Å². The molecule has 1 aliphatic carbocycles. The summed E-state index contributed by atoms with van der Waals surface area (Å²) < 4.78 is 2.66. The smallest absolute Gasteiger partial charge is 0.160 e. The fourth-order valence-corrected chi connectivity index (χ4v) is 9.74. The van der Waals surface area contributed by atoms with Crippen LogP contribution in [0.25, 0.3) is 83.7 Å². The summed E-state index contributed by atoms with van der Waals surface area (Å²) in [6.45, 7) is 9.76. The Morgan fingerprint density at radius 3 is 1.91 bits per heavy atom. The molecule has 264 valence electrons. The van der Waals surface area contributed by atoms with Crippen molar-refractivity contribution in [3.63, 3.8) is 0 Å². The minimum absolute atomic E-state index is 0.0477. The Morgan fingerprint density at radius 2 is 1.22 bits per heavy atom. The second kappa shape index (κ2) is 11.6. The number of allylic oxidation sites excluding steroid dienone is 4. The summed E-state index contributed by atoms with van der Waals surface area (Å²) in [5.41, 5.74) is 18.1. The van der Waals surface area contributed by atoms with Gasteiger partial charge in [-0.05, 0) is 69.6 Å². The highest BCUT2D eigenvalue weighted by atomic mass is 15.0. The van der Waals surface area contributed by atoms with Crippen molar-refractivity contribution in [3.05, 3.63) is 169 Å². The number of benzene rings is 5. The third-order valence-electron chi connectivity index (χ3n) is 12.7. The van der Waals surface area contributed by atoms with Crippen LogP contribution < -0.4 is 0 Å². The Kier molecular flexibility index (Phi) is 6.74. The Morgan fingerprint density at radius 1 is 0.564 bits per heavy atom. The Balaban J connectivity index is 1.03. The number of nitrogens with zero attached hydrogens (tertiary/aromatic N) is 4. The second-order valence-corrected chi connectivity index (χ2v) is 16.5. The van der Waals surface area contributed by atoms with Crippen LogP contribution in [-0.2, 0) is 10.8 Å². The molecule has 4 nitrogen and oxygen atoms in total. The molecule has 0 radical (unpaired) electrons. The molecule has 0 amide bonds. The normalized spacial score (nSPS) is 17.3. The molecule has 0 saturated heterocycles. The van der Waals surface area contributed by atoms with Crippen LogP contribution in [0.3, 0.4) is 0 Å². The number of rotatable bonds is 5. The number of aromatic nitrogens is 4. The molecule has 0 saturated carbocycles.